The van der Waals surface area contributed by atoms with Gasteiger partial charge in [0.1, 0.15) is 26.4 Å². The van der Waals surface area contributed by atoms with Gasteiger partial charge in [0, 0.05) is 31.7 Å². The van der Waals surface area contributed by atoms with E-state index in [9.17, 15) is 14.7 Å². The molecule has 16 nitrogen and oxygen atoms in total. The molecule has 6 rings (SSSR count). The standard InChI is InChI=1S/C17H18Cl2N4O3.C11H15IN4O2.C6H5BCl2O3.CH4/c1-17(2,3)26-16(25)23-6-9-11(7-23)21-15(20)22-14(9)13-10(19)4-8(18)5-12(13)24;1-11(2,3)18-10(17)16-4-6-7(5-16)14-9(13)15-8(6)12;8-3-1-4(9)6(7(11)12)5(10)2-3;/h4-5,24H,6-7H2,1-3H3,(H2,20,21,22);4-5H2,1-3H3,(H2,13,14,15);1-2,10-12H;1H4. The molecule has 2 aliphatic heterocycles. The van der Waals surface area contributed by atoms with Crippen molar-refractivity contribution < 1.29 is 39.3 Å². The number of halogens is 5. The lowest BCUT2D eigenvalue weighted by Crippen LogP contribution is -2.33. The quantitative estimate of drug-likeness (QED) is 0.0679. The Kier molecular flexibility index (Phi) is 15.7. The average molecular weight is 982 g/mol. The van der Waals surface area contributed by atoms with Gasteiger partial charge in [0.05, 0.1) is 53.8 Å². The van der Waals surface area contributed by atoms with Gasteiger partial charge in [-0.25, -0.2) is 29.5 Å². The average Bonchev–Trinajstić information content (AvgIpc) is 3.64. The summed E-state index contributed by atoms with van der Waals surface area (Å²) in [7, 11) is -1.80. The van der Waals surface area contributed by atoms with E-state index in [1.165, 1.54) is 29.2 Å². The summed E-state index contributed by atoms with van der Waals surface area (Å²) in [5.41, 5.74) is 13.8. The molecular formula is C35H42BCl4IN8O8. The first kappa shape index (κ1) is 47.6. The van der Waals surface area contributed by atoms with Gasteiger partial charge in [-0.1, -0.05) is 53.8 Å². The summed E-state index contributed by atoms with van der Waals surface area (Å²) in [6, 6.07) is 5.37. The molecule has 2 aliphatic rings. The Morgan fingerprint density at radius 1 is 0.719 bits per heavy atom. The van der Waals surface area contributed by atoms with E-state index in [4.69, 9.17) is 82.5 Å². The highest BCUT2D eigenvalue weighted by molar-refractivity contribution is 14.1. The summed E-state index contributed by atoms with van der Waals surface area (Å²) < 4.78 is 11.5. The Morgan fingerprint density at radius 3 is 1.61 bits per heavy atom. The van der Waals surface area contributed by atoms with Crippen LogP contribution in [0.25, 0.3) is 11.3 Å². The number of benzene rings is 2. The van der Waals surface area contributed by atoms with Crippen molar-refractivity contribution in [3.8, 4) is 22.8 Å². The zero-order chi connectivity index (χ0) is 42.0. The number of amides is 2. The molecule has 57 heavy (non-hydrogen) atoms. The molecule has 308 valence electrons. The van der Waals surface area contributed by atoms with Gasteiger partial charge in [0.25, 0.3) is 0 Å². The molecule has 2 aromatic carbocycles. The molecular weight excluding hydrogens is 940 g/mol. The van der Waals surface area contributed by atoms with E-state index in [0.29, 0.717) is 40.6 Å². The van der Waals surface area contributed by atoms with Crippen LogP contribution in [-0.2, 0) is 35.7 Å². The van der Waals surface area contributed by atoms with E-state index in [-0.39, 0.29) is 70.5 Å². The summed E-state index contributed by atoms with van der Waals surface area (Å²) in [4.78, 5) is 44.1. The van der Waals surface area contributed by atoms with Gasteiger partial charge in [-0.15, -0.1) is 0 Å². The molecule has 0 fully saturated rings. The van der Waals surface area contributed by atoms with Crippen molar-refractivity contribution in [2.45, 2.75) is 86.4 Å². The molecule has 0 radical (unpaired) electrons. The van der Waals surface area contributed by atoms with Gasteiger partial charge in [-0.05, 0) is 88.4 Å². The highest BCUT2D eigenvalue weighted by Gasteiger charge is 2.33. The minimum atomic E-state index is -1.80. The van der Waals surface area contributed by atoms with E-state index in [2.05, 4.69) is 42.5 Å². The van der Waals surface area contributed by atoms with Crippen molar-refractivity contribution >= 4 is 106 Å². The summed E-state index contributed by atoms with van der Waals surface area (Å²) in [6.07, 6.45) is -0.804. The number of carbonyl (C=O) groups excluding carboxylic acids is 2. The van der Waals surface area contributed by atoms with Crippen LogP contribution in [0.5, 0.6) is 11.5 Å². The van der Waals surface area contributed by atoms with E-state index < -0.39 is 24.4 Å². The summed E-state index contributed by atoms with van der Waals surface area (Å²) in [6.45, 7) is 12.3. The molecule has 0 unspecified atom stereocenters. The molecule has 8 N–H and O–H groups in total. The van der Waals surface area contributed by atoms with E-state index >= 15 is 0 Å². The Labute approximate surface area is 363 Å². The predicted molar refractivity (Wildman–Crippen MR) is 228 cm³/mol. The zero-order valence-corrected chi connectivity index (χ0v) is 36.0. The van der Waals surface area contributed by atoms with Crippen molar-refractivity contribution in [2.24, 2.45) is 0 Å². The zero-order valence-electron chi connectivity index (χ0n) is 30.9. The minimum Gasteiger partial charge on any atom is -0.508 e. The smallest absolute Gasteiger partial charge is 0.493 e. The van der Waals surface area contributed by atoms with Gasteiger partial charge < -0.3 is 41.2 Å². The molecule has 0 bridgehead atoms. The maximum Gasteiger partial charge on any atom is 0.493 e. The molecule has 22 heteroatoms. The molecule has 0 aliphatic carbocycles. The largest absolute Gasteiger partial charge is 0.508 e. The number of rotatable bonds is 2. The Morgan fingerprint density at radius 2 is 1.16 bits per heavy atom. The van der Waals surface area contributed by atoms with E-state index in [1.54, 1.807) is 25.7 Å². The Hall–Kier alpha value is -3.79. The van der Waals surface area contributed by atoms with Crippen molar-refractivity contribution in [1.82, 2.24) is 29.7 Å². The number of nitrogens with two attached hydrogens (primary N) is 2. The van der Waals surface area contributed by atoms with Crippen LogP contribution in [0.1, 0.15) is 71.5 Å². The number of hydrogen-bond acceptors (Lipinski definition) is 14. The molecule has 0 spiro atoms. The number of aromatic nitrogens is 4. The molecule has 0 saturated heterocycles. The minimum absolute atomic E-state index is 0. The molecule has 4 heterocycles. The highest BCUT2D eigenvalue weighted by atomic mass is 127. The summed E-state index contributed by atoms with van der Waals surface area (Å²) >= 11 is 25.4. The second kappa shape index (κ2) is 18.9. The van der Waals surface area contributed by atoms with Gasteiger partial charge >= 0.3 is 19.3 Å². The number of nitrogen functional groups attached to an aromatic ring is 2. The number of aromatic hydroxyl groups is 2. The topological polar surface area (TPSA) is 244 Å². The number of nitrogens with zero attached hydrogens (tertiary/aromatic N) is 6. The van der Waals surface area contributed by atoms with Crippen LogP contribution in [-0.4, -0.2) is 80.5 Å². The molecule has 2 aromatic heterocycles. The van der Waals surface area contributed by atoms with Crippen molar-refractivity contribution in [3.05, 3.63) is 70.6 Å². The van der Waals surface area contributed by atoms with Crippen molar-refractivity contribution in [2.75, 3.05) is 11.5 Å². The molecule has 0 atom stereocenters. The van der Waals surface area contributed by atoms with E-state index in [0.717, 1.165) is 15.0 Å². The fourth-order valence-electron chi connectivity index (χ4n) is 5.25. The van der Waals surface area contributed by atoms with Crippen molar-refractivity contribution in [1.29, 1.82) is 0 Å². The van der Waals surface area contributed by atoms with Crippen LogP contribution < -0.4 is 16.9 Å². The van der Waals surface area contributed by atoms with Gasteiger partial charge in [-0.3, -0.25) is 9.80 Å². The first-order valence-corrected chi connectivity index (χ1v) is 19.1. The van der Waals surface area contributed by atoms with Crippen LogP contribution in [0.4, 0.5) is 21.5 Å². The van der Waals surface area contributed by atoms with E-state index in [1.807, 2.05) is 20.8 Å². The third-order valence-electron chi connectivity index (χ3n) is 7.45. The lowest BCUT2D eigenvalue weighted by molar-refractivity contribution is 0.0231. The van der Waals surface area contributed by atoms with Crippen LogP contribution >= 0.6 is 69.0 Å². The third kappa shape index (κ3) is 12.6. The van der Waals surface area contributed by atoms with Crippen LogP contribution in [0, 0.1) is 3.70 Å². The third-order valence-corrected chi connectivity index (χ3v) is 9.39. The predicted octanol–water partition coefficient (Wildman–Crippen LogP) is 6.92. The first-order chi connectivity index (χ1) is 25.8. The molecule has 0 saturated carbocycles. The maximum atomic E-state index is 12.4. The first-order valence-electron chi connectivity index (χ1n) is 16.5. The maximum absolute atomic E-state index is 12.4. The second-order valence-corrected chi connectivity index (χ2v) is 17.0. The van der Waals surface area contributed by atoms with Crippen LogP contribution in [0.15, 0.2) is 24.3 Å². The number of ether oxygens (including phenoxy) is 2. The lowest BCUT2D eigenvalue weighted by Gasteiger charge is -2.24. The van der Waals surface area contributed by atoms with Gasteiger partial charge in [0.2, 0.25) is 11.9 Å². The lowest BCUT2D eigenvalue weighted by atomic mass is 9.79. The summed E-state index contributed by atoms with van der Waals surface area (Å²) in [5, 5.41) is 37.7. The fraction of sp³-hybridized carbons (Fsp3) is 0.371. The number of phenols is 2. The highest BCUT2D eigenvalue weighted by Crippen LogP contribution is 2.41. The SMILES string of the molecule is C.CC(C)(C)OC(=O)N1Cc2nc(N)nc(-c3c(O)cc(Cl)cc3Cl)c2C1.CC(C)(C)OC(=O)N1Cc2nc(N)nc(I)c2C1.OB(O)c1c(O)cc(Cl)cc1Cl. The monoisotopic (exact) mass is 980 g/mol. The Bertz CT molecular complexity index is 2110. The van der Waals surface area contributed by atoms with Crippen molar-refractivity contribution in [3.63, 3.8) is 0 Å². The Balaban J connectivity index is 0.000000244. The number of hydrogen-bond donors (Lipinski definition) is 6. The normalized spacial score (nSPS) is 12.9. The molecule has 4 aromatic rings. The number of carbonyl (C=O) groups is 2. The summed E-state index contributed by atoms with van der Waals surface area (Å²) in [5.74, 6) is -0.194. The second-order valence-electron chi connectivity index (χ2n) is 14.3. The number of phenolic OH excluding ortho intramolecular Hbond substituents is 2. The molecule has 2 amide bonds. The van der Waals surface area contributed by atoms with Crippen LogP contribution in [0.2, 0.25) is 20.1 Å². The number of anilines is 2. The number of fused-ring (bicyclic) bond motifs is 2. The van der Waals surface area contributed by atoms with Gasteiger partial charge in [0.15, 0.2) is 0 Å². The fourth-order valence-corrected chi connectivity index (χ4v) is 7.13. The van der Waals surface area contributed by atoms with Crippen LogP contribution in [0.3, 0.4) is 0 Å². The van der Waals surface area contributed by atoms with Gasteiger partial charge in [-0.2, -0.15) is 0 Å².